The van der Waals surface area contributed by atoms with Crippen LogP contribution in [0.25, 0.3) is 22.3 Å². The van der Waals surface area contributed by atoms with Gasteiger partial charge in [0, 0.05) is 72.2 Å². The monoisotopic (exact) mass is 886 g/mol. The third-order valence-electron chi connectivity index (χ3n) is 9.22. The van der Waals surface area contributed by atoms with Crippen molar-refractivity contribution < 1.29 is 94.8 Å². The van der Waals surface area contributed by atoms with Gasteiger partial charge in [-0.1, -0.05) is 0 Å². The first kappa shape index (κ1) is 47.5. The Morgan fingerprint density at radius 3 is 1.67 bits per heavy atom. The predicted octanol–water partition coefficient (Wildman–Crippen LogP) is 2.85. The zero-order valence-electron chi connectivity index (χ0n) is 35.6. The Labute approximate surface area is 358 Å². The van der Waals surface area contributed by atoms with Crippen LogP contribution in [0.15, 0.2) is 51.7 Å². The first-order valence-corrected chi connectivity index (χ1v) is 19.3. The van der Waals surface area contributed by atoms with E-state index in [9.17, 15) is 38.4 Å². The van der Waals surface area contributed by atoms with Crippen LogP contribution in [0.1, 0.15) is 55.4 Å². The Morgan fingerprint density at radius 1 is 0.587 bits per heavy atom. The van der Waals surface area contributed by atoms with Gasteiger partial charge in [-0.15, -0.1) is 0 Å². The molecule has 2 saturated heterocycles. The summed E-state index contributed by atoms with van der Waals surface area (Å²) in [6, 6.07) is 10.2. The standard InChI is InChI=1S/C42H46O21/c1-18-35(55-21(4)45)37(56-22(5)46)39(58-24(7)48)41(53-18)63-36-33(17-52-19(2)43)62-42(40(59-25(8)49)38(36)57-23(6)47)60-28-14-31(54-20(3)44)34-29(50)16-30(61-32(34)15-28)26-10-12-27(51-9)13-11-26/h10-16,18,33,35-42H,17H2,1-9H3. The third-order valence-corrected chi connectivity index (χ3v) is 9.22. The van der Waals surface area contributed by atoms with Crippen LogP contribution in [-0.4, -0.2) is 117 Å². The summed E-state index contributed by atoms with van der Waals surface area (Å²) in [6.45, 7) is 8.29. The summed E-state index contributed by atoms with van der Waals surface area (Å²) in [5.41, 5.74) is -0.224. The summed E-state index contributed by atoms with van der Waals surface area (Å²) < 4.78 is 74.7. The molecule has 2 aromatic carbocycles. The lowest BCUT2D eigenvalue weighted by Gasteiger charge is -2.48. The number of esters is 7. The van der Waals surface area contributed by atoms with Crippen LogP contribution < -0.4 is 19.6 Å². The maximum Gasteiger partial charge on any atom is 0.308 e. The lowest BCUT2D eigenvalue weighted by Crippen LogP contribution is -2.67. The number of ether oxygens (including phenoxy) is 12. The van der Waals surface area contributed by atoms with E-state index in [0.29, 0.717) is 11.3 Å². The highest BCUT2D eigenvalue weighted by molar-refractivity contribution is 5.88. The van der Waals surface area contributed by atoms with Gasteiger partial charge in [0.1, 0.15) is 52.8 Å². The van der Waals surface area contributed by atoms with Gasteiger partial charge in [-0.05, 0) is 31.2 Å². The summed E-state index contributed by atoms with van der Waals surface area (Å²) >= 11 is 0. The van der Waals surface area contributed by atoms with Gasteiger partial charge in [0.25, 0.3) is 0 Å². The van der Waals surface area contributed by atoms with Crippen molar-refractivity contribution >= 4 is 52.8 Å². The molecular formula is C42H46O21. The van der Waals surface area contributed by atoms with Gasteiger partial charge in [0.2, 0.25) is 12.4 Å². The van der Waals surface area contributed by atoms with Crippen LogP contribution in [0.5, 0.6) is 17.2 Å². The molecule has 3 heterocycles. The molecular weight excluding hydrogens is 840 g/mol. The number of benzene rings is 2. The maximum absolute atomic E-state index is 13.5. The number of carbonyl (C=O) groups excluding carboxylic acids is 7. The van der Waals surface area contributed by atoms with Gasteiger partial charge in [-0.25, -0.2) is 0 Å². The zero-order chi connectivity index (χ0) is 46.3. The molecule has 5 rings (SSSR count). The number of methoxy groups -OCH3 is 1. The van der Waals surface area contributed by atoms with Crippen molar-refractivity contribution in [1.82, 2.24) is 0 Å². The Morgan fingerprint density at radius 2 is 1.13 bits per heavy atom. The predicted molar refractivity (Wildman–Crippen MR) is 209 cm³/mol. The van der Waals surface area contributed by atoms with Gasteiger partial charge in [-0.2, -0.15) is 0 Å². The average Bonchev–Trinajstić information content (AvgIpc) is 3.17. The minimum Gasteiger partial charge on any atom is -0.497 e. The normalized spacial score (nSPS) is 25.4. The van der Waals surface area contributed by atoms with Crippen molar-refractivity contribution in [3.05, 3.63) is 52.7 Å². The van der Waals surface area contributed by atoms with E-state index < -0.39 is 115 Å². The quantitative estimate of drug-likeness (QED) is 0.128. The van der Waals surface area contributed by atoms with Crippen LogP contribution >= 0.6 is 0 Å². The van der Waals surface area contributed by atoms with Crippen molar-refractivity contribution in [3.63, 3.8) is 0 Å². The summed E-state index contributed by atoms with van der Waals surface area (Å²) in [5, 5.41) is -0.137. The molecule has 63 heavy (non-hydrogen) atoms. The van der Waals surface area contributed by atoms with Gasteiger partial charge < -0.3 is 61.3 Å². The summed E-state index contributed by atoms with van der Waals surface area (Å²) in [6.07, 6.45) is -15.7. The Balaban J connectivity index is 1.62. The first-order chi connectivity index (χ1) is 29.7. The largest absolute Gasteiger partial charge is 0.497 e. The van der Waals surface area contributed by atoms with E-state index in [4.69, 9.17) is 61.3 Å². The molecule has 2 fully saturated rings. The summed E-state index contributed by atoms with van der Waals surface area (Å²) in [7, 11) is 1.49. The molecule has 3 aromatic rings. The van der Waals surface area contributed by atoms with Crippen LogP contribution in [0.2, 0.25) is 0 Å². The number of carbonyl (C=O) groups is 7. The average molecular weight is 887 g/mol. The van der Waals surface area contributed by atoms with Crippen molar-refractivity contribution in [2.75, 3.05) is 13.7 Å². The lowest BCUT2D eigenvalue weighted by molar-refractivity contribution is -0.351. The first-order valence-electron chi connectivity index (χ1n) is 19.3. The van der Waals surface area contributed by atoms with Crippen LogP contribution in [0, 0.1) is 0 Å². The molecule has 21 nitrogen and oxygen atoms in total. The molecule has 2 aliphatic rings. The molecule has 2 aliphatic heterocycles. The maximum atomic E-state index is 13.5. The molecule has 0 amide bonds. The van der Waals surface area contributed by atoms with Gasteiger partial charge in [-0.3, -0.25) is 38.4 Å². The molecule has 21 heteroatoms. The number of fused-ring (bicyclic) bond motifs is 1. The fourth-order valence-corrected chi connectivity index (χ4v) is 6.91. The Hall–Kier alpha value is -6.58. The molecule has 0 N–H and O–H groups in total. The summed E-state index contributed by atoms with van der Waals surface area (Å²) in [5.74, 6) is -5.82. The van der Waals surface area contributed by atoms with E-state index in [1.165, 1.54) is 32.2 Å². The van der Waals surface area contributed by atoms with Gasteiger partial charge >= 0.3 is 41.8 Å². The van der Waals surface area contributed by atoms with E-state index in [1.807, 2.05) is 0 Å². The summed E-state index contributed by atoms with van der Waals surface area (Å²) in [4.78, 5) is 100. The molecule has 10 atom stereocenters. The zero-order valence-corrected chi connectivity index (χ0v) is 35.6. The van der Waals surface area contributed by atoms with E-state index >= 15 is 0 Å². The van der Waals surface area contributed by atoms with Crippen molar-refractivity contribution in [1.29, 1.82) is 0 Å². The molecule has 0 aliphatic carbocycles. The molecule has 10 unspecified atom stereocenters. The highest BCUT2D eigenvalue weighted by atomic mass is 16.8. The number of rotatable bonds is 14. The smallest absolute Gasteiger partial charge is 0.308 e. The second-order valence-electron chi connectivity index (χ2n) is 14.2. The highest BCUT2D eigenvalue weighted by Crippen LogP contribution is 2.38. The highest BCUT2D eigenvalue weighted by Gasteiger charge is 2.57. The van der Waals surface area contributed by atoms with Crippen molar-refractivity contribution in [3.8, 4) is 28.6 Å². The van der Waals surface area contributed by atoms with Crippen LogP contribution in [-0.2, 0) is 76.2 Å². The minimum atomic E-state index is -1.77. The molecule has 0 spiro atoms. The molecule has 1 aromatic heterocycles. The molecule has 0 saturated carbocycles. The number of hydrogen-bond donors (Lipinski definition) is 0. The fourth-order valence-electron chi connectivity index (χ4n) is 6.91. The van der Waals surface area contributed by atoms with Crippen molar-refractivity contribution in [2.24, 2.45) is 0 Å². The van der Waals surface area contributed by atoms with E-state index in [2.05, 4.69) is 0 Å². The van der Waals surface area contributed by atoms with E-state index in [-0.39, 0.29) is 28.2 Å². The Kier molecular flexibility index (Phi) is 15.5. The third kappa shape index (κ3) is 12.1. The van der Waals surface area contributed by atoms with Crippen molar-refractivity contribution in [2.45, 2.75) is 117 Å². The fraction of sp³-hybridized carbons (Fsp3) is 0.476. The van der Waals surface area contributed by atoms with Gasteiger partial charge in [0.05, 0.1) is 13.2 Å². The SMILES string of the molecule is COc1ccc(-c2cc(=O)c3c(OC(C)=O)cc(OC4OC(COC(C)=O)C(OC5OC(C)C(OC(C)=O)C(OC(C)=O)C5OC(C)=O)C(OC(C)=O)C4OC(C)=O)cc3o2)cc1. The number of hydrogen-bond acceptors (Lipinski definition) is 21. The molecule has 0 bridgehead atoms. The van der Waals surface area contributed by atoms with Crippen LogP contribution in [0.3, 0.4) is 0 Å². The second kappa shape index (κ2) is 20.5. The van der Waals surface area contributed by atoms with E-state index in [0.717, 1.165) is 48.5 Å². The molecule has 0 radical (unpaired) electrons. The molecule has 340 valence electrons. The minimum absolute atomic E-state index is 0.116. The second-order valence-corrected chi connectivity index (χ2v) is 14.2. The van der Waals surface area contributed by atoms with Crippen LogP contribution in [0.4, 0.5) is 0 Å². The van der Waals surface area contributed by atoms with Gasteiger partial charge in [0.15, 0.2) is 36.1 Å². The van der Waals surface area contributed by atoms with E-state index in [1.54, 1.807) is 24.3 Å². The topological polar surface area (TPSA) is 260 Å². The lowest BCUT2D eigenvalue weighted by atomic mass is 9.96. The Bertz CT molecular complexity index is 2270.